The lowest BCUT2D eigenvalue weighted by Crippen LogP contribution is -2.29. The molecule has 0 bridgehead atoms. The van der Waals surface area contributed by atoms with Crippen molar-refractivity contribution in [1.82, 2.24) is 0 Å². The highest BCUT2D eigenvalue weighted by atomic mass is 32.2. The third kappa shape index (κ3) is 5.47. The molecule has 0 aliphatic rings. The Labute approximate surface area is 128 Å². The number of hydrogen-bond acceptors (Lipinski definition) is 4. The summed E-state index contributed by atoms with van der Waals surface area (Å²) in [5.41, 5.74) is 0.0960. The zero-order chi connectivity index (χ0) is 14.7. The van der Waals surface area contributed by atoms with Crippen molar-refractivity contribution in [3.05, 3.63) is 24.3 Å². The maximum Gasteiger partial charge on any atom is 0.296 e. The van der Waals surface area contributed by atoms with E-state index in [1.165, 1.54) is 24.3 Å². The number of rotatable bonds is 5. The van der Waals surface area contributed by atoms with Crippen LogP contribution in [-0.4, -0.2) is 21.4 Å². The Morgan fingerprint density at radius 1 is 1.19 bits per heavy atom. The van der Waals surface area contributed by atoms with Crippen molar-refractivity contribution in [3.8, 4) is 0 Å². The summed E-state index contributed by atoms with van der Waals surface area (Å²) in [6.07, 6.45) is 0.717. The topological polar surface area (TPSA) is 72.5 Å². The minimum Gasteiger partial charge on any atom is -0.326 e. The molecule has 1 amide bonds. The molecule has 0 spiro atoms. The second kappa shape index (κ2) is 8.14. The van der Waals surface area contributed by atoms with E-state index in [0.29, 0.717) is 5.69 Å². The predicted molar refractivity (Wildman–Crippen MR) is 86.8 cm³/mol. The Balaban J connectivity index is 0. The first-order chi connectivity index (χ1) is 8.73. The summed E-state index contributed by atoms with van der Waals surface area (Å²) in [6.45, 7) is 5.64. The molecule has 5 nitrogen and oxygen atoms in total. The van der Waals surface area contributed by atoms with Gasteiger partial charge in [-0.15, -0.1) is 0 Å². The fraction of sp³-hybridized carbons (Fsp3) is 0.533. The molecule has 6 heteroatoms. The highest BCUT2D eigenvalue weighted by molar-refractivity contribution is 7.86. The number of nitrogens with one attached hydrogen (secondary N) is 1. The number of amides is 1. The lowest BCUT2D eigenvalue weighted by atomic mass is 9.89. The molecule has 0 atom stereocenters. The Hall–Kier alpha value is -1.40. The molecule has 0 saturated heterocycles. The smallest absolute Gasteiger partial charge is 0.296 e. The lowest BCUT2D eigenvalue weighted by molar-refractivity contribution is -0.124. The zero-order valence-corrected chi connectivity index (χ0v) is 12.4. The summed E-state index contributed by atoms with van der Waals surface area (Å²) in [5, 5.41) is 2.76. The van der Waals surface area contributed by atoms with E-state index >= 15 is 0 Å². The number of benzene rings is 1. The van der Waals surface area contributed by atoms with Crippen molar-refractivity contribution in [2.24, 2.45) is 5.41 Å². The van der Waals surface area contributed by atoms with E-state index < -0.39 is 15.5 Å². The highest BCUT2D eigenvalue weighted by Gasteiger charge is 2.25. The monoisotopic (exact) mass is 317 g/mol. The number of carbonyl (C=O) groups excluding carboxylic acids is 1. The van der Waals surface area contributed by atoms with Crippen molar-refractivity contribution in [1.29, 1.82) is 0 Å². The zero-order valence-electron chi connectivity index (χ0n) is 11.6. The SMILES string of the molecule is C.C.CCC(C)(C)C(=O)Nc1ccc(S(=O)(=O)OC)cc1. The summed E-state index contributed by atoms with van der Waals surface area (Å²) in [6, 6.07) is 5.87. The van der Waals surface area contributed by atoms with Gasteiger partial charge < -0.3 is 5.32 Å². The first-order valence-corrected chi connectivity index (χ1v) is 7.36. The first-order valence-electron chi connectivity index (χ1n) is 5.95. The van der Waals surface area contributed by atoms with E-state index in [-0.39, 0.29) is 25.7 Å². The van der Waals surface area contributed by atoms with Gasteiger partial charge in [-0.25, -0.2) is 0 Å². The largest absolute Gasteiger partial charge is 0.326 e. The minimum atomic E-state index is -3.69. The van der Waals surface area contributed by atoms with Crippen LogP contribution in [0.2, 0.25) is 0 Å². The van der Waals surface area contributed by atoms with Crippen molar-refractivity contribution in [2.75, 3.05) is 12.4 Å². The summed E-state index contributed by atoms with van der Waals surface area (Å²) in [7, 11) is -2.58. The summed E-state index contributed by atoms with van der Waals surface area (Å²) >= 11 is 0. The van der Waals surface area contributed by atoms with Gasteiger partial charge in [0, 0.05) is 11.1 Å². The third-order valence-electron chi connectivity index (χ3n) is 3.12. The molecule has 1 aromatic rings. The molecular weight excluding hydrogens is 290 g/mol. The van der Waals surface area contributed by atoms with E-state index in [9.17, 15) is 13.2 Å². The molecule has 21 heavy (non-hydrogen) atoms. The van der Waals surface area contributed by atoms with Gasteiger partial charge in [0.1, 0.15) is 0 Å². The third-order valence-corrected chi connectivity index (χ3v) is 4.41. The fourth-order valence-electron chi connectivity index (χ4n) is 1.26. The van der Waals surface area contributed by atoms with Crippen LogP contribution in [-0.2, 0) is 19.1 Å². The average Bonchev–Trinajstić information content (AvgIpc) is 2.39. The maximum atomic E-state index is 11.9. The van der Waals surface area contributed by atoms with Gasteiger partial charge >= 0.3 is 0 Å². The van der Waals surface area contributed by atoms with Crippen LogP contribution in [0.15, 0.2) is 29.2 Å². The molecule has 0 aromatic heterocycles. The fourth-order valence-corrected chi connectivity index (χ4v) is 1.92. The van der Waals surface area contributed by atoms with Crippen molar-refractivity contribution in [3.63, 3.8) is 0 Å². The van der Waals surface area contributed by atoms with Crippen LogP contribution >= 0.6 is 0 Å². The quantitative estimate of drug-likeness (QED) is 0.841. The first kappa shape index (κ1) is 21.9. The summed E-state index contributed by atoms with van der Waals surface area (Å²) in [4.78, 5) is 12.0. The molecule has 0 heterocycles. The number of anilines is 1. The molecule has 0 radical (unpaired) electrons. The number of hydrogen-bond donors (Lipinski definition) is 1. The van der Waals surface area contributed by atoms with Crippen LogP contribution in [0.3, 0.4) is 0 Å². The number of carbonyl (C=O) groups is 1. The van der Waals surface area contributed by atoms with E-state index in [0.717, 1.165) is 13.5 Å². The molecule has 0 unspecified atom stereocenters. The van der Waals surface area contributed by atoms with Gasteiger partial charge in [0.15, 0.2) is 0 Å². The van der Waals surface area contributed by atoms with E-state index in [1.807, 2.05) is 20.8 Å². The normalized spacial score (nSPS) is 11.0. The molecule has 1 aromatic carbocycles. The van der Waals surface area contributed by atoms with Gasteiger partial charge in [-0.1, -0.05) is 35.6 Å². The van der Waals surface area contributed by atoms with Crippen LogP contribution < -0.4 is 5.32 Å². The highest BCUT2D eigenvalue weighted by Crippen LogP contribution is 2.23. The summed E-state index contributed by atoms with van der Waals surface area (Å²) < 4.78 is 27.3. The van der Waals surface area contributed by atoms with Gasteiger partial charge in [0.25, 0.3) is 10.1 Å². The second-order valence-electron chi connectivity index (χ2n) is 4.84. The molecular formula is C15H27NO4S. The van der Waals surface area contributed by atoms with Crippen LogP contribution in [0, 0.1) is 5.41 Å². The predicted octanol–water partition coefficient (Wildman–Crippen LogP) is 3.67. The molecule has 0 fully saturated rings. The Morgan fingerprint density at radius 3 is 2.05 bits per heavy atom. The van der Waals surface area contributed by atoms with Crippen LogP contribution in [0.5, 0.6) is 0 Å². The second-order valence-corrected chi connectivity index (χ2v) is 6.55. The average molecular weight is 317 g/mol. The Kier molecular flexibility index (Phi) is 8.49. The van der Waals surface area contributed by atoms with Gasteiger partial charge in [-0.2, -0.15) is 8.42 Å². The van der Waals surface area contributed by atoms with Crippen molar-refractivity contribution in [2.45, 2.75) is 46.9 Å². The molecule has 0 aliphatic heterocycles. The molecule has 1 rings (SSSR count). The standard InChI is InChI=1S/C13H19NO4S.2CH4/c1-5-13(2,3)12(15)14-10-6-8-11(9-7-10)19(16,17)18-4;;/h6-9H,5H2,1-4H3,(H,14,15);2*1H4. The molecule has 0 saturated carbocycles. The van der Waals surface area contributed by atoms with E-state index in [1.54, 1.807) is 0 Å². The van der Waals surface area contributed by atoms with Gasteiger partial charge in [-0.3, -0.25) is 8.98 Å². The van der Waals surface area contributed by atoms with Crippen molar-refractivity contribution >= 4 is 21.7 Å². The lowest BCUT2D eigenvalue weighted by Gasteiger charge is -2.21. The van der Waals surface area contributed by atoms with Crippen LogP contribution in [0.4, 0.5) is 5.69 Å². The van der Waals surface area contributed by atoms with Gasteiger partial charge in [0.05, 0.1) is 12.0 Å². The Bertz CT molecular complexity index is 548. The minimum absolute atomic E-state index is 0. The molecule has 0 aliphatic carbocycles. The van der Waals surface area contributed by atoms with Gasteiger partial charge in [-0.05, 0) is 30.7 Å². The van der Waals surface area contributed by atoms with E-state index in [2.05, 4.69) is 9.50 Å². The van der Waals surface area contributed by atoms with Crippen LogP contribution in [0.1, 0.15) is 42.0 Å². The molecule has 1 N–H and O–H groups in total. The van der Waals surface area contributed by atoms with Crippen LogP contribution in [0.25, 0.3) is 0 Å². The maximum absolute atomic E-state index is 11.9. The van der Waals surface area contributed by atoms with Gasteiger partial charge in [0.2, 0.25) is 5.91 Å². The van der Waals surface area contributed by atoms with Crippen molar-refractivity contribution < 1.29 is 17.4 Å². The van der Waals surface area contributed by atoms with E-state index in [4.69, 9.17) is 0 Å². The summed E-state index contributed by atoms with van der Waals surface area (Å²) in [5.74, 6) is -0.0997. The molecule has 122 valence electrons. The Morgan fingerprint density at radius 2 is 1.67 bits per heavy atom.